The number of amides is 1. The molecule has 0 N–H and O–H groups in total. The zero-order chi connectivity index (χ0) is 18.1. The third-order valence-corrected chi connectivity index (χ3v) is 4.84. The van der Waals surface area contributed by atoms with Crippen LogP contribution in [-0.2, 0) is 11.3 Å². The molecule has 26 heavy (non-hydrogen) atoms. The van der Waals surface area contributed by atoms with Gasteiger partial charge < -0.3 is 4.90 Å². The van der Waals surface area contributed by atoms with Crippen molar-refractivity contribution in [1.29, 1.82) is 0 Å². The minimum atomic E-state index is -0.147. The van der Waals surface area contributed by atoms with E-state index in [4.69, 9.17) is 23.2 Å². The van der Waals surface area contributed by atoms with Crippen molar-refractivity contribution in [3.63, 3.8) is 0 Å². The van der Waals surface area contributed by atoms with E-state index in [0.29, 0.717) is 28.0 Å². The first-order chi connectivity index (χ1) is 12.6. The summed E-state index contributed by atoms with van der Waals surface area (Å²) in [6.07, 6.45) is 0. The summed E-state index contributed by atoms with van der Waals surface area (Å²) in [5.74, 6) is -0.147. The summed E-state index contributed by atoms with van der Waals surface area (Å²) in [6, 6.07) is 22.3. The van der Waals surface area contributed by atoms with Gasteiger partial charge in [0.05, 0.1) is 17.9 Å². The Morgan fingerprint density at radius 1 is 0.885 bits per heavy atom. The maximum atomic E-state index is 13.1. The quantitative estimate of drug-likeness (QED) is 0.576. The number of halogens is 2. The second kappa shape index (κ2) is 6.94. The van der Waals surface area contributed by atoms with Crippen molar-refractivity contribution in [2.45, 2.75) is 6.54 Å². The SMILES string of the molecule is O=C1C(=Nc2cccc(Cl)c2)c2ccccc2N1Cc1ccccc1Cl. The molecule has 0 aromatic heterocycles. The van der Waals surface area contributed by atoms with E-state index >= 15 is 0 Å². The molecule has 0 unspecified atom stereocenters. The highest BCUT2D eigenvalue weighted by atomic mass is 35.5. The van der Waals surface area contributed by atoms with Crippen molar-refractivity contribution >= 4 is 46.2 Å². The number of carbonyl (C=O) groups is 1. The van der Waals surface area contributed by atoms with Crippen LogP contribution >= 0.6 is 23.2 Å². The van der Waals surface area contributed by atoms with Gasteiger partial charge in [0, 0.05) is 15.6 Å². The number of fused-ring (bicyclic) bond motifs is 1. The highest BCUT2D eigenvalue weighted by Crippen LogP contribution is 2.33. The molecule has 0 saturated carbocycles. The number of rotatable bonds is 3. The van der Waals surface area contributed by atoms with E-state index in [2.05, 4.69) is 4.99 Å². The Bertz CT molecular complexity index is 1030. The summed E-state index contributed by atoms with van der Waals surface area (Å²) in [5.41, 5.74) is 3.59. The molecule has 0 spiro atoms. The lowest BCUT2D eigenvalue weighted by Crippen LogP contribution is -2.29. The molecular formula is C21H14Cl2N2O. The van der Waals surface area contributed by atoms with Crippen LogP contribution in [-0.4, -0.2) is 11.6 Å². The number of carbonyl (C=O) groups excluding carboxylic acids is 1. The van der Waals surface area contributed by atoms with Crippen LogP contribution in [0.15, 0.2) is 77.8 Å². The van der Waals surface area contributed by atoms with E-state index in [-0.39, 0.29) is 5.91 Å². The molecule has 128 valence electrons. The van der Waals surface area contributed by atoms with Crippen molar-refractivity contribution in [3.05, 3.63) is 94.0 Å². The van der Waals surface area contributed by atoms with E-state index in [1.807, 2.05) is 60.7 Å². The van der Waals surface area contributed by atoms with Gasteiger partial charge in [0.1, 0.15) is 5.71 Å². The van der Waals surface area contributed by atoms with Crippen LogP contribution in [0.1, 0.15) is 11.1 Å². The summed E-state index contributed by atoms with van der Waals surface area (Å²) >= 11 is 12.3. The highest BCUT2D eigenvalue weighted by molar-refractivity contribution is 6.54. The smallest absolute Gasteiger partial charge is 0.277 e. The Hall–Kier alpha value is -2.62. The fraction of sp³-hybridized carbons (Fsp3) is 0.0476. The lowest BCUT2D eigenvalue weighted by atomic mass is 10.1. The Morgan fingerprint density at radius 2 is 1.65 bits per heavy atom. The molecule has 0 saturated heterocycles. The zero-order valence-corrected chi connectivity index (χ0v) is 15.2. The lowest BCUT2D eigenvalue weighted by molar-refractivity contribution is -0.112. The van der Waals surface area contributed by atoms with Gasteiger partial charge in [-0.2, -0.15) is 0 Å². The van der Waals surface area contributed by atoms with Gasteiger partial charge in [-0.25, -0.2) is 4.99 Å². The number of aliphatic imine (C=N–C) groups is 1. The fourth-order valence-electron chi connectivity index (χ4n) is 3.00. The molecule has 0 radical (unpaired) electrons. The van der Waals surface area contributed by atoms with Gasteiger partial charge in [-0.05, 0) is 35.9 Å². The normalized spacial score (nSPS) is 14.8. The maximum Gasteiger partial charge on any atom is 0.277 e. The van der Waals surface area contributed by atoms with Crippen LogP contribution in [0.2, 0.25) is 10.0 Å². The third-order valence-electron chi connectivity index (χ3n) is 4.23. The summed E-state index contributed by atoms with van der Waals surface area (Å²) in [4.78, 5) is 19.4. The van der Waals surface area contributed by atoms with E-state index in [9.17, 15) is 4.79 Å². The number of anilines is 1. The van der Waals surface area contributed by atoms with E-state index in [0.717, 1.165) is 16.8 Å². The summed E-state index contributed by atoms with van der Waals surface area (Å²) in [7, 11) is 0. The molecule has 0 aliphatic carbocycles. The summed E-state index contributed by atoms with van der Waals surface area (Å²) in [6.45, 7) is 0.393. The van der Waals surface area contributed by atoms with Gasteiger partial charge in [-0.3, -0.25) is 4.79 Å². The number of benzene rings is 3. The highest BCUT2D eigenvalue weighted by Gasteiger charge is 2.33. The minimum absolute atomic E-state index is 0.147. The molecule has 1 amide bonds. The summed E-state index contributed by atoms with van der Waals surface area (Å²) in [5, 5.41) is 1.22. The molecule has 1 aliphatic heterocycles. The van der Waals surface area contributed by atoms with E-state index < -0.39 is 0 Å². The van der Waals surface area contributed by atoms with Crippen molar-refractivity contribution < 1.29 is 4.79 Å². The monoisotopic (exact) mass is 380 g/mol. The average molecular weight is 381 g/mol. The van der Waals surface area contributed by atoms with Crippen LogP contribution < -0.4 is 4.90 Å². The summed E-state index contributed by atoms with van der Waals surface area (Å²) < 4.78 is 0. The van der Waals surface area contributed by atoms with Crippen molar-refractivity contribution in [3.8, 4) is 0 Å². The molecule has 3 nitrogen and oxygen atoms in total. The van der Waals surface area contributed by atoms with Crippen molar-refractivity contribution in [2.24, 2.45) is 4.99 Å². The molecule has 0 fully saturated rings. The third kappa shape index (κ3) is 3.12. The second-order valence-electron chi connectivity index (χ2n) is 5.94. The standard InChI is InChI=1S/C21H14Cl2N2O/c22-15-7-5-8-16(12-15)24-20-17-9-2-4-11-19(17)25(21(20)26)13-14-6-1-3-10-18(14)23/h1-12H,13H2. The average Bonchev–Trinajstić information content (AvgIpc) is 2.90. The molecule has 5 heteroatoms. The van der Waals surface area contributed by atoms with Crippen LogP contribution in [0.3, 0.4) is 0 Å². The largest absolute Gasteiger partial charge is 0.302 e. The van der Waals surface area contributed by atoms with Gasteiger partial charge in [0.25, 0.3) is 5.91 Å². The number of para-hydroxylation sites is 1. The van der Waals surface area contributed by atoms with Gasteiger partial charge in [0.2, 0.25) is 0 Å². The predicted molar refractivity (Wildman–Crippen MR) is 107 cm³/mol. The Balaban J connectivity index is 1.77. The maximum absolute atomic E-state index is 13.1. The Labute approximate surface area is 161 Å². The van der Waals surface area contributed by atoms with E-state index in [1.165, 1.54) is 0 Å². The number of hydrogen-bond acceptors (Lipinski definition) is 2. The van der Waals surface area contributed by atoms with Gasteiger partial charge >= 0.3 is 0 Å². The van der Waals surface area contributed by atoms with E-state index in [1.54, 1.807) is 17.0 Å². The second-order valence-corrected chi connectivity index (χ2v) is 6.78. The molecule has 1 heterocycles. The fourth-order valence-corrected chi connectivity index (χ4v) is 3.38. The van der Waals surface area contributed by atoms with Gasteiger partial charge in [0.15, 0.2) is 0 Å². The Kier molecular flexibility index (Phi) is 4.49. The number of hydrogen-bond donors (Lipinski definition) is 0. The van der Waals surface area contributed by atoms with Crippen LogP contribution in [0.25, 0.3) is 0 Å². The topological polar surface area (TPSA) is 32.7 Å². The molecule has 1 aliphatic rings. The molecule has 3 aromatic rings. The van der Waals surface area contributed by atoms with Crippen LogP contribution in [0.4, 0.5) is 11.4 Å². The molecule has 4 rings (SSSR count). The predicted octanol–water partition coefficient (Wildman–Crippen LogP) is 5.66. The van der Waals surface area contributed by atoms with Gasteiger partial charge in [-0.15, -0.1) is 0 Å². The molecule has 0 atom stereocenters. The first-order valence-electron chi connectivity index (χ1n) is 8.12. The molecule has 3 aromatic carbocycles. The molecule has 0 bridgehead atoms. The molecular weight excluding hydrogens is 367 g/mol. The Morgan fingerprint density at radius 3 is 2.46 bits per heavy atom. The first-order valence-corrected chi connectivity index (χ1v) is 8.88. The van der Waals surface area contributed by atoms with Crippen molar-refractivity contribution in [2.75, 3.05) is 4.90 Å². The van der Waals surface area contributed by atoms with Crippen LogP contribution in [0.5, 0.6) is 0 Å². The lowest BCUT2D eigenvalue weighted by Gasteiger charge is -2.17. The van der Waals surface area contributed by atoms with Crippen molar-refractivity contribution in [1.82, 2.24) is 0 Å². The number of nitrogens with zero attached hydrogens (tertiary/aromatic N) is 2. The van der Waals surface area contributed by atoms with Crippen LogP contribution in [0, 0.1) is 0 Å². The minimum Gasteiger partial charge on any atom is -0.302 e. The first kappa shape index (κ1) is 16.8. The van der Waals surface area contributed by atoms with Gasteiger partial charge in [-0.1, -0.05) is 65.7 Å². The zero-order valence-electron chi connectivity index (χ0n) is 13.7.